The zero-order valence-electron chi connectivity index (χ0n) is 12.6. The number of hydrogen-bond donors (Lipinski definition) is 2. The van der Waals surface area contributed by atoms with Gasteiger partial charge in [-0.2, -0.15) is 0 Å². The minimum Gasteiger partial charge on any atom is -0.444 e. The molecular weight excluding hydrogens is 244 g/mol. The first-order valence-electron chi connectivity index (χ1n) is 7.14. The molecule has 2 unspecified atom stereocenters. The summed E-state index contributed by atoms with van der Waals surface area (Å²) in [5, 5.41) is 6.25. The molecule has 0 aliphatic heterocycles. The summed E-state index contributed by atoms with van der Waals surface area (Å²) in [5.74, 6) is 0. The number of carbonyl (C=O) groups excluding carboxylic acids is 1. The summed E-state index contributed by atoms with van der Waals surface area (Å²) in [6.45, 7) is 7.14. The van der Waals surface area contributed by atoms with Crippen LogP contribution < -0.4 is 10.6 Å². The molecule has 0 aromatic carbocycles. The monoisotopic (exact) mass is 272 g/mol. The van der Waals surface area contributed by atoms with E-state index >= 15 is 0 Å². The molecule has 0 saturated heterocycles. The Hall–Kier alpha value is -0.810. The Balaban J connectivity index is 1.98. The Kier molecular flexibility index (Phi) is 6.58. The van der Waals surface area contributed by atoms with Crippen molar-refractivity contribution in [1.82, 2.24) is 10.6 Å². The van der Waals surface area contributed by atoms with Crippen molar-refractivity contribution in [2.24, 2.45) is 0 Å². The Morgan fingerprint density at radius 2 is 2.00 bits per heavy atom. The number of amides is 1. The van der Waals surface area contributed by atoms with Crippen LogP contribution >= 0.6 is 0 Å². The van der Waals surface area contributed by atoms with Crippen molar-refractivity contribution in [1.29, 1.82) is 0 Å². The third-order valence-electron chi connectivity index (χ3n) is 3.17. The summed E-state index contributed by atoms with van der Waals surface area (Å²) in [4.78, 5) is 11.4. The number of methoxy groups -OCH3 is 1. The molecule has 1 rings (SSSR count). The first-order valence-corrected chi connectivity index (χ1v) is 7.14. The summed E-state index contributed by atoms with van der Waals surface area (Å²) in [7, 11) is 1.78. The predicted octanol–water partition coefficient (Wildman–Crippen LogP) is 2.06. The van der Waals surface area contributed by atoms with Gasteiger partial charge in [0.05, 0.1) is 6.10 Å². The van der Waals surface area contributed by atoms with E-state index in [1.807, 2.05) is 20.8 Å². The van der Waals surface area contributed by atoms with E-state index in [0.717, 1.165) is 25.8 Å². The van der Waals surface area contributed by atoms with E-state index in [9.17, 15) is 4.79 Å². The molecular formula is C14H28N2O3. The van der Waals surface area contributed by atoms with E-state index in [1.165, 1.54) is 6.42 Å². The molecule has 5 nitrogen and oxygen atoms in total. The molecule has 1 aliphatic carbocycles. The van der Waals surface area contributed by atoms with Crippen molar-refractivity contribution < 1.29 is 14.3 Å². The average Bonchev–Trinajstić information content (AvgIpc) is 2.74. The predicted molar refractivity (Wildman–Crippen MR) is 75.3 cm³/mol. The van der Waals surface area contributed by atoms with Crippen LogP contribution in [-0.2, 0) is 9.47 Å². The molecule has 0 aromatic heterocycles. The summed E-state index contributed by atoms with van der Waals surface area (Å²) in [5.41, 5.74) is -0.429. The molecule has 2 atom stereocenters. The van der Waals surface area contributed by atoms with E-state index in [2.05, 4.69) is 10.6 Å². The Labute approximate surface area is 116 Å². The van der Waals surface area contributed by atoms with Crippen LogP contribution in [0.4, 0.5) is 4.79 Å². The molecule has 1 fully saturated rings. The minimum atomic E-state index is -0.429. The highest BCUT2D eigenvalue weighted by molar-refractivity contribution is 5.67. The van der Waals surface area contributed by atoms with Crippen molar-refractivity contribution in [3.63, 3.8) is 0 Å². The molecule has 1 saturated carbocycles. The smallest absolute Gasteiger partial charge is 0.407 e. The van der Waals surface area contributed by atoms with Crippen molar-refractivity contribution >= 4 is 6.09 Å². The first kappa shape index (κ1) is 16.2. The van der Waals surface area contributed by atoms with Crippen LogP contribution in [-0.4, -0.2) is 44.0 Å². The average molecular weight is 272 g/mol. The van der Waals surface area contributed by atoms with Gasteiger partial charge < -0.3 is 20.1 Å². The highest BCUT2D eigenvalue weighted by Gasteiger charge is 2.23. The van der Waals surface area contributed by atoms with Crippen molar-refractivity contribution in [2.75, 3.05) is 20.2 Å². The molecule has 1 aliphatic rings. The quantitative estimate of drug-likeness (QED) is 0.727. The van der Waals surface area contributed by atoms with Crippen LogP contribution in [0.15, 0.2) is 0 Å². The van der Waals surface area contributed by atoms with Crippen molar-refractivity contribution in [3.05, 3.63) is 0 Å². The maximum atomic E-state index is 11.4. The summed E-state index contributed by atoms with van der Waals surface area (Å²) < 4.78 is 10.5. The maximum absolute atomic E-state index is 11.4. The summed E-state index contributed by atoms with van der Waals surface area (Å²) in [6, 6.07) is 0.562. The zero-order chi connectivity index (χ0) is 14.3. The van der Waals surface area contributed by atoms with Gasteiger partial charge >= 0.3 is 6.09 Å². The van der Waals surface area contributed by atoms with Gasteiger partial charge in [0, 0.05) is 19.7 Å². The molecule has 0 bridgehead atoms. The molecule has 5 heteroatoms. The molecule has 0 spiro atoms. The Morgan fingerprint density at radius 1 is 1.26 bits per heavy atom. The van der Waals surface area contributed by atoms with Gasteiger partial charge in [0.15, 0.2) is 0 Å². The maximum Gasteiger partial charge on any atom is 0.407 e. The van der Waals surface area contributed by atoms with Gasteiger partial charge in [0.25, 0.3) is 0 Å². The van der Waals surface area contributed by atoms with E-state index in [4.69, 9.17) is 9.47 Å². The number of carbonyl (C=O) groups is 1. The highest BCUT2D eigenvalue weighted by atomic mass is 16.6. The number of nitrogens with one attached hydrogen (secondary N) is 2. The van der Waals surface area contributed by atoms with E-state index in [-0.39, 0.29) is 6.09 Å². The normalized spacial score (nSPS) is 23.4. The van der Waals surface area contributed by atoms with Gasteiger partial charge in [-0.05, 0) is 53.0 Å². The fraction of sp³-hybridized carbons (Fsp3) is 0.929. The lowest BCUT2D eigenvalue weighted by molar-refractivity contribution is 0.0527. The summed E-state index contributed by atoms with van der Waals surface area (Å²) >= 11 is 0. The van der Waals surface area contributed by atoms with Crippen LogP contribution in [0.5, 0.6) is 0 Å². The topological polar surface area (TPSA) is 59.6 Å². The molecule has 1 amide bonds. The standard InChI is InChI=1S/C14H28N2O3/c1-14(2,3)19-13(17)16-9-5-8-15-11-6-7-12(10-11)18-4/h11-12,15H,5-10H2,1-4H3,(H,16,17). The second-order valence-electron chi connectivity index (χ2n) is 6.10. The Morgan fingerprint density at radius 3 is 2.58 bits per heavy atom. The van der Waals surface area contributed by atoms with Crippen LogP contribution in [0.3, 0.4) is 0 Å². The number of ether oxygens (including phenoxy) is 2. The van der Waals surface area contributed by atoms with Crippen LogP contribution in [0.25, 0.3) is 0 Å². The molecule has 112 valence electrons. The SMILES string of the molecule is COC1CCC(NCCCNC(=O)OC(C)(C)C)C1. The van der Waals surface area contributed by atoms with Gasteiger partial charge in [0.1, 0.15) is 5.60 Å². The largest absolute Gasteiger partial charge is 0.444 e. The number of rotatable bonds is 6. The van der Waals surface area contributed by atoms with Crippen LogP contribution in [0.2, 0.25) is 0 Å². The lowest BCUT2D eigenvalue weighted by Gasteiger charge is -2.19. The fourth-order valence-corrected chi connectivity index (χ4v) is 2.24. The van der Waals surface area contributed by atoms with E-state index < -0.39 is 5.60 Å². The highest BCUT2D eigenvalue weighted by Crippen LogP contribution is 2.21. The molecule has 0 aromatic rings. The van der Waals surface area contributed by atoms with E-state index in [1.54, 1.807) is 7.11 Å². The van der Waals surface area contributed by atoms with Crippen LogP contribution in [0.1, 0.15) is 46.5 Å². The lowest BCUT2D eigenvalue weighted by atomic mass is 10.2. The lowest BCUT2D eigenvalue weighted by Crippen LogP contribution is -2.35. The molecule has 0 heterocycles. The molecule has 2 N–H and O–H groups in total. The van der Waals surface area contributed by atoms with Crippen LogP contribution in [0, 0.1) is 0 Å². The fourth-order valence-electron chi connectivity index (χ4n) is 2.24. The second kappa shape index (κ2) is 7.70. The third kappa shape index (κ3) is 7.38. The third-order valence-corrected chi connectivity index (χ3v) is 3.17. The van der Waals surface area contributed by atoms with Gasteiger partial charge in [-0.1, -0.05) is 0 Å². The Bertz CT molecular complexity index is 276. The molecule has 0 radical (unpaired) electrons. The second-order valence-corrected chi connectivity index (χ2v) is 6.10. The van der Waals surface area contributed by atoms with Crippen molar-refractivity contribution in [3.8, 4) is 0 Å². The van der Waals surface area contributed by atoms with Gasteiger partial charge in [-0.25, -0.2) is 4.79 Å². The van der Waals surface area contributed by atoms with E-state index in [0.29, 0.717) is 18.7 Å². The van der Waals surface area contributed by atoms with Gasteiger partial charge in [-0.15, -0.1) is 0 Å². The summed E-state index contributed by atoms with van der Waals surface area (Å²) in [6.07, 6.45) is 4.40. The van der Waals surface area contributed by atoms with Crippen molar-refractivity contribution in [2.45, 2.75) is 64.2 Å². The number of hydrogen-bond acceptors (Lipinski definition) is 4. The zero-order valence-corrected chi connectivity index (χ0v) is 12.6. The number of alkyl carbamates (subject to hydrolysis) is 1. The van der Waals surface area contributed by atoms with Gasteiger partial charge in [0.2, 0.25) is 0 Å². The first-order chi connectivity index (χ1) is 8.90. The van der Waals surface area contributed by atoms with Gasteiger partial charge in [-0.3, -0.25) is 0 Å². The molecule has 19 heavy (non-hydrogen) atoms. The minimum absolute atomic E-state index is 0.340.